The second-order valence-electron chi connectivity index (χ2n) is 8.94. The van der Waals surface area contributed by atoms with Gasteiger partial charge < -0.3 is 15.5 Å². The van der Waals surface area contributed by atoms with Gasteiger partial charge in [0, 0.05) is 18.6 Å². The number of fused-ring (bicyclic) bond motifs is 1. The number of anilines is 2. The molecule has 0 spiro atoms. The quantitative estimate of drug-likeness (QED) is 0.481. The van der Waals surface area contributed by atoms with E-state index in [1.807, 2.05) is 32.3 Å². The molecule has 0 amide bonds. The normalized spacial score (nSPS) is 14.8. The molecule has 32 heavy (non-hydrogen) atoms. The van der Waals surface area contributed by atoms with Crippen molar-refractivity contribution in [3.63, 3.8) is 0 Å². The molecular formula is C27H31N3O2. The lowest BCUT2D eigenvalue weighted by atomic mass is 10.00. The summed E-state index contributed by atoms with van der Waals surface area (Å²) in [6, 6.07) is 19.0. The summed E-state index contributed by atoms with van der Waals surface area (Å²) in [7, 11) is 4.07. The van der Waals surface area contributed by atoms with Gasteiger partial charge in [0.15, 0.2) is 0 Å². The Morgan fingerprint density at radius 3 is 2.34 bits per heavy atom. The van der Waals surface area contributed by atoms with Gasteiger partial charge in [0.1, 0.15) is 11.4 Å². The summed E-state index contributed by atoms with van der Waals surface area (Å²) in [4.78, 5) is 26.7. The number of nitrogens with zero attached hydrogens (tertiary/aromatic N) is 1. The van der Waals surface area contributed by atoms with Gasteiger partial charge in [-0.3, -0.25) is 9.59 Å². The number of benzene rings is 2. The molecule has 0 unspecified atom stereocenters. The van der Waals surface area contributed by atoms with Gasteiger partial charge in [-0.15, -0.1) is 0 Å². The summed E-state index contributed by atoms with van der Waals surface area (Å²) >= 11 is 0. The molecule has 1 aliphatic carbocycles. The SMILES string of the molecule is C[C@@H](CC1=CCc2ccccc21)Nc1c(NC[C@@H](Cc2ccccc2)N(C)C)c(=O)c1=O. The van der Waals surface area contributed by atoms with E-state index < -0.39 is 10.9 Å². The van der Waals surface area contributed by atoms with E-state index in [1.54, 1.807) is 0 Å². The van der Waals surface area contributed by atoms with E-state index in [0.717, 1.165) is 19.3 Å². The highest BCUT2D eigenvalue weighted by Gasteiger charge is 2.24. The first kappa shape index (κ1) is 22.0. The first-order valence-corrected chi connectivity index (χ1v) is 11.3. The molecule has 0 saturated carbocycles. The fourth-order valence-corrected chi connectivity index (χ4v) is 4.42. The van der Waals surface area contributed by atoms with E-state index in [-0.39, 0.29) is 12.1 Å². The van der Waals surface area contributed by atoms with E-state index in [0.29, 0.717) is 17.9 Å². The lowest BCUT2D eigenvalue weighted by Crippen LogP contribution is -2.42. The van der Waals surface area contributed by atoms with Crippen LogP contribution in [0.2, 0.25) is 0 Å². The Labute approximate surface area is 189 Å². The first-order valence-electron chi connectivity index (χ1n) is 11.3. The molecule has 0 fully saturated rings. The van der Waals surface area contributed by atoms with Crippen LogP contribution in [0.3, 0.4) is 0 Å². The largest absolute Gasteiger partial charge is 0.378 e. The molecule has 3 aromatic carbocycles. The standard InChI is InChI=1S/C27H31N3O2/c1-18(15-21-14-13-20-11-7-8-12-23(20)21)29-25-24(26(31)27(25)32)28-17-22(30(2)3)16-19-9-5-4-6-10-19/h4-12,14,18,22,28-29H,13,15-17H2,1-3H3/t18-,22+/m0/s1. The smallest absolute Gasteiger partial charge is 0.253 e. The Morgan fingerprint density at radius 2 is 1.59 bits per heavy atom. The number of hydrogen-bond acceptors (Lipinski definition) is 5. The predicted molar refractivity (Wildman–Crippen MR) is 133 cm³/mol. The van der Waals surface area contributed by atoms with Gasteiger partial charge >= 0.3 is 0 Å². The molecule has 5 nitrogen and oxygen atoms in total. The highest BCUT2D eigenvalue weighted by Crippen LogP contribution is 2.31. The van der Waals surface area contributed by atoms with Gasteiger partial charge in [-0.2, -0.15) is 0 Å². The van der Waals surface area contributed by atoms with Crippen LogP contribution in [0.1, 0.15) is 30.0 Å². The average Bonchev–Trinajstić information content (AvgIpc) is 3.20. The second-order valence-corrected chi connectivity index (χ2v) is 8.94. The predicted octanol–water partition coefficient (Wildman–Crippen LogP) is 3.70. The number of nitrogens with one attached hydrogen (secondary N) is 2. The van der Waals surface area contributed by atoms with Crippen molar-refractivity contribution in [1.29, 1.82) is 0 Å². The molecule has 0 heterocycles. The lowest BCUT2D eigenvalue weighted by Gasteiger charge is -2.26. The molecule has 4 rings (SSSR count). The molecule has 3 aromatic rings. The Hall–Kier alpha value is -3.18. The van der Waals surface area contributed by atoms with Gasteiger partial charge in [0.05, 0.1) is 0 Å². The average molecular weight is 430 g/mol. The fraction of sp³-hybridized carbons (Fsp3) is 0.333. The van der Waals surface area contributed by atoms with Crippen LogP contribution < -0.4 is 21.5 Å². The van der Waals surface area contributed by atoms with Crippen LogP contribution in [0.25, 0.3) is 5.57 Å². The minimum absolute atomic E-state index is 0.0465. The van der Waals surface area contributed by atoms with Crippen molar-refractivity contribution in [2.75, 3.05) is 31.3 Å². The van der Waals surface area contributed by atoms with Gasteiger partial charge in [-0.05, 0) is 62.5 Å². The Balaban J connectivity index is 1.39. The summed E-state index contributed by atoms with van der Waals surface area (Å²) in [5.41, 5.74) is 5.17. The van der Waals surface area contributed by atoms with Crippen LogP contribution in [0.15, 0.2) is 70.3 Å². The summed E-state index contributed by atoms with van der Waals surface area (Å²) in [5.74, 6) is 0. The third-order valence-corrected chi connectivity index (χ3v) is 6.32. The summed E-state index contributed by atoms with van der Waals surface area (Å²) in [6.45, 7) is 2.65. The molecule has 0 aliphatic heterocycles. The van der Waals surface area contributed by atoms with E-state index >= 15 is 0 Å². The number of likely N-dealkylation sites (N-methyl/N-ethyl adjacent to an activating group) is 1. The molecule has 0 radical (unpaired) electrons. The van der Waals surface area contributed by atoms with Crippen LogP contribution in [-0.4, -0.2) is 37.6 Å². The molecule has 0 aromatic heterocycles. The molecule has 0 saturated heterocycles. The van der Waals surface area contributed by atoms with Crippen LogP contribution in [0.5, 0.6) is 0 Å². The van der Waals surface area contributed by atoms with Crippen molar-refractivity contribution in [3.8, 4) is 0 Å². The highest BCUT2D eigenvalue weighted by molar-refractivity contribution is 5.76. The second kappa shape index (κ2) is 9.53. The van der Waals surface area contributed by atoms with Crippen molar-refractivity contribution in [3.05, 3.63) is 97.8 Å². The maximum absolute atomic E-state index is 12.3. The number of rotatable bonds is 10. The minimum atomic E-state index is -0.428. The van der Waals surface area contributed by atoms with Gasteiger partial charge in [0.2, 0.25) is 0 Å². The van der Waals surface area contributed by atoms with Crippen LogP contribution >= 0.6 is 0 Å². The molecule has 0 bridgehead atoms. The van der Waals surface area contributed by atoms with Crippen molar-refractivity contribution >= 4 is 16.9 Å². The van der Waals surface area contributed by atoms with Crippen molar-refractivity contribution < 1.29 is 0 Å². The van der Waals surface area contributed by atoms with E-state index in [1.165, 1.54) is 22.3 Å². The summed E-state index contributed by atoms with van der Waals surface area (Å²) in [6.07, 6.45) is 4.89. The zero-order valence-corrected chi connectivity index (χ0v) is 19.0. The zero-order valence-electron chi connectivity index (χ0n) is 19.0. The van der Waals surface area contributed by atoms with E-state index in [9.17, 15) is 9.59 Å². The zero-order chi connectivity index (χ0) is 22.7. The van der Waals surface area contributed by atoms with Crippen LogP contribution in [0.4, 0.5) is 11.4 Å². The number of hydrogen-bond donors (Lipinski definition) is 2. The van der Waals surface area contributed by atoms with Gasteiger partial charge in [0.25, 0.3) is 10.9 Å². The summed E-state index contributed by atoms with van der Waals surface area (Å²) < 4.78 is 0. The minimum Gasteiger partial charge on any atom is -0.378 e. The Kier molecular flexibility index (Phi) is 6.56. The molecular weight excluding hydrogens is 398 g/mol. The maximum atomic E-state index is 12.3. The third kappa shape index (κ3) is 4.68. The first-order chi connectivity index (χ1) is 15.4. The Bertz CT molecular complexity index is 1170. The lowest BCUT2D eigenvalue weighted by molar-refractivity contribution is 0.303. The highest BCUT2D eigenvalue weighted by atomic mass is 16.2. The van der Waals surface area contributed by atoms with Crippen molar-refractivity contribution in [1.82, 2.24) is 4.90 Å². The maximum Gasteiger partial charge on any atom is 0.253 e. The molecule has 5 heteroatoms. The van der Waals surface area contributed by atoms with Crippen LogP contribution in [-0.2, 0) is 12.8 Å². The van der Waals surface area contributed by atoms with Crippen molar-refractivity contribution in [2.45, 2.75) is 38.3 Å². The van der Waals surface area contributed by atoms with Crippen LogP contribution in [0, 0.1) is 0 Å². The monoisotopic (exact) mass is 429 g/mol. The van der Waals surface area contributed by atoms with Crippen molar-refractivity contribution in [2.24, 2.45) is 0 Å². The topological polar surface area (TPSA) is 61.4 Å². The molecule has 1 aliphatic rings. The number of allylic oxidation sites excluding steroid dienone is 1. The summed E-state index contributed by atoms with van der Waals surface area (Å²) in [5, 5.41) is 6.56. The van der Waals surface area contributed by atoms with Gasteiger partial charge in [-0.1, -0.05) is 60.7 Å². The fourth-order valence-electron chi connectivity index (χ4n) is 4.42. The molecule has 166 valence electrons. The van der Waals surface area contributed by atoms with E-state index in [4.69, 9.17) is 0 Å². The molecule has 2 atom stereocenters. The van der Waals surface area contributed by atoms with E-state index in [2.05, 4.69) is 64.9 Å². The Morgan fingerprint density at radius 1 is 0.906 bits per heavy atom. The van der Waals surface area contributed by atoms with Gasteiger partial charge in [-0.25, -0.2) is 0 Å². The molecule has 2 N–H and O–H groups in total. The third-order valence-electron chi connectivity index (χ3n) is 6.32.